The van der Waals surface area contributed by atoms with Crippen molar-refractivity contribution in [3.05, 3.63) is 237 Å². The average molecular weight is 730 g/mol. The van der Waals surface area contributed by atoms with Gasteiger partial charge in [0.1, 0.15) is 0 Å². The molecule has 264 valence electrons. The first-order chi connectivity index (χ1) is 27.8. The largest absolute Gasteiger partial charge is 0.309 e. The summed E-state index contributed by atoms with van der Waals surface area (Å²) in [6.07, 6.45) is 0. The molecule has 2 heteroatoms. The Morgan fingerprint density at radius 3 is 1.18 bits per heavy atom. The lowest BCUT2D eigenvalue weighted by Gasteiger charge is -2.34. The number of fused-ring (bicyclic) bond motifs is 3. The molecule has 0 spiro atoms. The third-order valence-corrected chi connectivity index (χ3v) is 16.1. The molecule has 0 bridgehead atoms. The number of benzene rings is 9. The van der Waals surface area contributed by atoms with E-state index < -0.39 is 8.07 Å². The summed E-state index contributed by atoms with van der Waals surface area (Å²) in [5, 5.41) is 7.96. The minimum Gasteiger partial charge on any atom is -0.309 e. The Morgan fingerprint density at radius 2 is 0.643 bits per heavy atom. The van der Waals surface area contributed by atoms with Gasteiger partial charge in [-0.1, -0.05) is 206 Å². The van der Waals surface area contributed by atoms with Crippen LogP contribution in [0.4, 0.5) is 0 Å². The smallest absolute Gasteiger partial charge is 0.179 e. The van der Waals surface area contributed by atoms with Gasteiger partial charge in [-0.15, -0.1) is 0 Å². The zero-order valence-corrected chi connectivity index (χ0v) is 32.0. The molecule has 1 heterocycles. The van der Waals surface area contributed by atoms with Crippen molar-refractivity contribution < 1.29 is 0 Å². The van der Waals surface area contributed by atoms with E-state index in [0.717, 1.165) is 5.69 Å². The summed E-state index contributed by atoms with van der Waals surface area (Å²) < 4.78 is 2.47. The highest BCUT2D eigenvalue weighted by atomic mass is 28.3. The van der Waals surface area contributed by atoms with Crippen molar-refractivity contribution in [2.24, 2.45) is 0 Å². The molecule has 0 saturated carbocycles. The van der Waals surface area contributed by atoms with Crippen LogP contribution in [0, 0.1) is 0 Å². The van der Waals surface area contributed by atoms with Crippen molar-refractivity contribution in [2.45, 2.75) is 0 Å². The quantitative estimate of drug-likeness (QED) is 0.108. The highest BCUT2D eigenvalue weighted by Gasteiger charge is 2.41. The Hall–Kier alpha value is -7.00. The average Bonchev–Trinajstić information content (AvgIpc) is 3.62. The molecule has 0 fully saturated rings. The summed E-state index contributed by atoms with van der Waals surface area (Å²) in [6, 6.07) is 87.3. The van der Waals surface area contributed by atoms with Gasteiger partial charge in [0.25, 0.3) is 0 Å². The van der Waals surface area contributed by atoms with Crippen LogP contribution in [0.1, 0.15) is 0 Å². The normalized spacial score (nSPS) is 11.6. The first-order valence-electron chi connectivity index (χ1n) is 19.3. The van der Waals surface area contributed by atoms with Gasteiger partial charge in [0.2, 0.25) is 0 Å². The molecule has 1 nitrogen and oxygen atoms in total. The van der Waals surface area contributed by atoms with Crippen LogP contribution in [0.3, 0.4) is 0 Å². The number of hydrogen-bond donors (Lipinski definition) is 0. The van der Waals surface area contributed by atoms with E-state index in [9.17, 15) is 0 Å². The third kappa shape index (κ3) is 5.79. The summed E-state index contributed by atoms with van der Waals surface area (Å²) in [4.78, 5) is 0. The fraction of sp³-hybridized carbons (Fsp3) is 0. The maximum Gasteiger partial charge on any atom is 0.179 e. The SMILES string of the molecule is c1ccc(-c2ccc([Si](c3ccccc3)(c3ccccc3)c3ccc4c(c3)c3ccccc3n4-c3cc(-c4ccccc4)cc(-c4ccccc4)c3)cc2)cc1. The van der Waals surface area contributed by atoms with Crippen molar-refractivity contribution >= 4 is 50.6 Å². The highest BCUT2D eigenvalue weighted by molar-refractivity contribution is 7.20. The van der Waals surface area contributed by atoms with Crippen molar-refractivity contribution in [1.29, 1.82) is 0 Å². The number of nitrogens with zero attached hydrogens (tertiary/aromatic N) is 1. The molecule has 1 aromatic heterocycles. The van der Waals surface area contributed by atoms with Gasteiger partial charge >= 0.3 is 0 Å². The van der Waals surface area contributed by atoms with Crippen molar-refractivity contribution in [1.82, 2.24) is 4.57 Å². The summed E-state index contributed by atoms with van der Waals surface area (Å²) in [7, 11) is -2.81. The Balaban J connectivity index is 1.24. The fourth-order valence-corrected chi connectivity index (χ4v) is 13.5. The zero-order chi connectivity index (χ0) is 37.3. The molecule has 0 aliphatic heterocycles. The van der Waals surface area contributed by atoms with Gasteiger partial charge in [0.15, 0.2) is 8.07 Å². The Kier molecular flexibility index (Phi) is 8.59. The van der Waals surface area contributed by atoms with Crippen LogP contribution in [-0.2, 0) is 0 Å². The minimum atomic E-state index is -2.81. The van der Waals surface area contributed by atoms with Crippen molar-refractivity contribution in [2.75, 3.05) is 0 Å². The lowest BCUT2D eigenvalue weighted by Crippen LogP contribution is -2.74. The van der Waals surface area contributed by atoms with Crippen LogP contribution in [-0.4, -0.2) is 12.6 Å². The van der Waals surface area contributed by atoms with Gasteiger partial charge in [-0.05, 0) is 84.5 Å². The maximum atomic E-state index is 2.52. The molecule has 0 aliphatic rings. The van der Waals surface area contributed by atoms with E-state index in [2.05, 4.69) is 241 Å². The third-order valence-electron chi connectivity index (χ3n) is 11.3. The van der Waals surface area contributed by atoms with Crippen LogP contribution in [0.15, 0.2) is 237 Å². The van der Waals surface area contributed by atoms with Gasteiger partial charge in [0.05, 0.1) is 11.0 Å². The monoisotopic (exact) mass is 729 g/mol. The topological polar surface area (TPSA) is 4.93 Å². The van der Waals surface area contributed by atoms with Crippen LogP contribution in [0.2, 0.25) is 0 Å². The molecular formula is C54H39NSi. The van der Waals surface area contributed by atoms with Gasteiger partial charge in [-0.25, -0.2) is 0 Å². The van der Waals surface area contributed by atoms with Gasteiger partial charge < -0.3 is 4.57 Å². The van der Waals surface area contributed by atoms with E-state index in [0.29, 0.717) is 0 Å². The standard InChI is InChI=1S/C54H39NSi/c1-6-18-40(19-7-1)43-30-32-49(33-31-43)56(47-24-12-4-13-25-47,48-26-14-5-15-27-48)50-34-35-54-52(39-50)51-28-16-17-29-53(51)55(54)46-37-44(41-20-8-2-9-21-41)36-45(38-46)42-22-10-3-11-23-42/h1-39H. The predicted octanol–water partition coefficient (Wildman–Crippen LogP) is 11.2. The Labute approximate surface area is 329 Å². The van der Waals surface area contributed by atoms with E-state index in [4.69, 9.17) is 0 Å². The molecule has 0 unspecified atom stereocenters. The van der Waals surface area contributed by atoms with E-state index in [-0.39, 0.29) is 0 Å². The van der Waals surface area contributed by atoms with E-state index in [1.165, 1.54) is 75.9 Å². The van der Waals surface area contributed by atoms with Crippen LogP contribution in [0.25, 0.3) is 60.9 Å². The molecule has 9 aromatic carbocycles. The molecular weight excluding hydrogens is 691 g/mol. The van der Waals surface area contributed by atoms with Crippen molar-refractivity contribution in [3.8, 4) is 39.1 Å². The summed E-state index contributed by atoms with van der Waals surface area (Å²) in [5.74, 6) is 0. The number of hydrogen-bond acceptors (Lipinski definition) is 0. The van der Waals surface area contributed by atoms with E-state index in [1.807, 2.05) is 0 Å². The first-order valence-corrected chi connectivity index (χ1v) is 21.3. The number of rotatable bonds is 8. The summed E-state index contributed by atoms with van der Waals surface area (Å²) in [5.41, 5.74) is 10.8. The fourth-order valence-electron chi connectivity index (χ4n) is 8.74. The lowest BCUT2D eigenvalue weighted by atomic mass is 9.98. The number of para-hydroxylation sites is 1. The van der Waals surface area contributed by atoms with E-state index >= 15 is 0 Å². The second-order valence-corrected chi connectivity index (χ2v) is 18.3. The van der Waals surface area contributed by atoms with Gasteiger partial charge in [-0.2, -0.15) is 0 Å². The molecule has 10 aromatic rings. The molecule has 0 radical (unpaired) electrons. The van der Waals surface area contributed by atoms with Gasteiger partial charge in [-0.3, -0.25) is 0 Å². The zero-order valence-electron chi connectivity index (χ0n) is 31.0. The predicted molar refractivity (Wildman–Crippen MR) is 241 cm³/mol. The first kappa shape index (κ1) is 33.6. The van der Waals surface area contributed by atoms with Crippen LogP contribution < -0.4 is 20.7 Å². The Morgan fingerprint density at radius 1 is 0.250 bits per heavy atom. The molecule has 0 saturated heterocycles. The van der Waals surface area contributed by atoms with Crippen molar-refractivity contribution in [3.63, 3.8) is 0 Å². The van der Waals surface area contributed by atoms with E-state index in [1.54, 1.807) is 0 Å². The van der Waals surface area contributed by atoms with Crippen LogP contribution >= 0.6 is 0 Å². The maximum absolute atomic E-state index is 2.81. The summed E-state index contributed by atoms with van der Waals surface area (Å²) in [6.45, 7) is 0. The molecule has 0 atom stereocenters. The molecule has 0 N–H and O–H groups in total. The second kappa shape index (κ2) is 14.3. The highest BCUT2D eigenvalue weighted by Crippen LogP contribution is 2.36. The summed E-state index contributed by atoms with van der Waals surface area (Å²) >= 11 is 0. The molecule has 56 heavy (non-hydrogen) atoms. The van der Waals surface area contributed by atoms with Crippen LogP contribution in [0.5, 0.6) is 0 Å². The molecule has 0 aliphatic carbocycles. The van der Waals surface area contributed by atoms with Gasteiger partial charge in [0, 0.05) is 16.5 Å². The minimum absolute atomic E-state index is 1.15. The second-order valence-electron chi connectivity index (χ2n) is 14.5. The molecule has 0 amide bonds. The Bertz CT molecular complexity index is 2820. The number of aromatic nitrogens is 1. The molecule has 10 rings (SSSR count). The lowest BCUT2D eigenvalue weighted by molar-refractivity contribution is 1.18.